The molecule has 1 fully saturated rings. The van der Waals surface area contributed by atoms with E-state index in [1.807, 2.05) is 0 Å². The largest absolute Gasteiger partial charge is 0.490 e. The van der Waals surface area contributed by atoms with Crippen molar-refractivity contribution in [2.45, 2.75) is 38.4 Å². The van der Waals surface area contributed by atoms with Crippen molar-refractivity contribution in [3.8, 4) is 17.1 Å². The molecule has 0 saturated heterocycles. The number of benzene rings is 1. The Balaban J connectivity index is 1.86. The Morgan fingerprint density at radius 2 is 1.96 bits per heavy atom. The van der Waals surface area contributed by atoms with Gasteiger partial charge in [-0.15, -0.1) is 0 Å². The van der Waals surface area contributed by atoms with Crippen LogP contribution in [-0.4, -0.2) is 27.2 Å². The van der Waals surface area contributed by atoms with E-state index in [1.165, 1.54) is 26.0 Å². The van der Waals surface area contributed by atoms with Crippen LogP contribution in [0.25, 0.3) is 11.4 Å². The van der Waals surface area contributed by atoms with Gasteiger partial charge < -0.3 is 4.74 Å². The van der Waals surface area contributed by atoms with Crippen molar-refractivity contribution in [1.29, 1.82) is 0 Å². The van der Waals surface area contributed by atoms with Crippen molar-refractivity contribution in [2.75, 3.05) is 7.11 Å². The highest BCUT2D eigenvalue weighted by Crippen LogP contribution is 2.47. The molecule has 2 aromatic rings. The molecule has 0 spiro atoms. The van der Waals surface area contributed by atoms with E-state index in [4.69, 9.17) is 4.74 Å². The van der Waals surface area contributed by atoms with Gasteiger partial charge in [-0.25, -0.2) is 4.98 Å². The van der Waals surface area contributed by atoms with Crippen molar-refractivity contribution in [3.05, 3.63) is 34.1 Å². The quantitative estimate of drug-likeness (QED) is 0.397. The lowest BCUT2D eigenvalue weighted by atomic mass is 9.68. The van der Waals surface area contributed by atoms with Gasteiger partial charge in [-0.2, -0.15) is 5.10 Å². The third-order valence-corrected chi connectivity index (χ3v) is 6.64. The number of halogens is 1. The third kappa shape index (κ3) is 4.00. The SMILES string of the molecule is COc1ccc(-c2n[nH]c(C(Br)C3C(C)CC(C)CC3C)n2)cc1[N+](=O)[O-]. The predicted molar refractivity (Wildman–Crippen MR) is 107 cm³/mol. The van der Waals surface area contributed by atoms with Crippen LogP contribution in [0.5, 0.6) is 5.75 Å². The van der Waals surface area contributed by atoms with E-state index in [0.29, 0.717) is 29.1 Å². The summed E-state index contributed by atoms with van der Waals surface area (Å²) in [6, 6.07) is 4.75. The van der Waals surface area contributed by atoms with E-state index in [2.05, 4.69) is 51.9 Å². The minimum Gasteiger partial charge on any atom is -0.490 e. The van der Waals surface area contributed by atoms with Crippen LogP contribution in [0.4, 0.5) is 5.69 Å². The zero-order valence-electron chi connectivity index (χ0n) is 16.0. The Hall–Kier alpha value is -1.96. The zero-order valence-corrected chi connectivity index (χ0v) is 17.6. The normalized spacial score (nSPS) is 26.6. The highest BCUT2D eigenvalue weighted by molar-refractivity contribution is 9.09. The van der Waals surface area contributed by atoms with Gasteiger partial charge in [0.1, 0.15) is 5.82 Å². The fourth-order valence-electron chi connectivity index (χ4n) is 4.50. The number of hydrogen-bond donors (Lipinski definition) is 1. The first kappa shape index (κ1) is 19.8. The smallest absolute Gasteiger partial charge is 0.311 e. The highest BCUT2D eigenvalue weighted by atomic mass is 79.9. The zero-order chi connectivity index (χ0) is 19.7. The summed E-state index contributed by atoms with van der Waals surface area (Å²) in [5.41, 5.74) is 0.489. The Morgan fingerprint density at radius 3 is 2.56 bits per heavy atom. The number of ether oxygens (including phenoxy) is 1. The summed E-state index contributed by atoms with van der Waals surface area (Å²) in [7, 11) is 1.41. The molecule has 3 unspecified atom stereocenters. The van der Waals surface area contributed by atoms with E-state index in [-0.39, 0.29) is 16.3 Å². The molecule has 1 aliphatic rings. The molecule has 1 aromatic heterocycles. The van der Waals surface area contributed by atoms with Gasteiger partial charge in [0.2, 0.25) is 0 Å². The molecule has 1 saturated carbocycles. The topological polar surface area (TPSA) is 93.9 Å². The second-order valence-electron chi connectivity index (χ2n) is 7.70. The van der Waals surface area contributed by atoms with Gasteiger partial charge in [0.05, 0.1) is 16.9 Å². The molecule has 1 heterocycles. The molecule has 0 bridgehead atoms. The highest BCUT2D eigenvalue weighted by Gasteiger charge is 2.37. The minimum absolute atomic E-state index is 0.0736. The number of aromatic nitrogens is 3. The van der Waals surface area contributed by atoms with Crippen molar-refractivity contribution >= 4 is 21.6 Å². The lowest BCUT2D eigenvalue weighted by molar-refractivity contribution is -0.385. The van der Waals surface area contributed by atoms with Crippen LogP contribution < -0.4 is 4.74 Å². The number of H-pyrrole nitrogens is 1. The number of hydrogen-bond acceptors (Lipinski definition) is 5. The molecule has 1 aromatic carbocycles. The second-order valence-corrected chi connectivity index (χ2v) is 8.68. The van der Waals surface area contributed by atoms with Gasteiger partial charge in [0, 0.05) is 11.6 Å². The Labute approximate surface area is 167 Å². The number of nitrogens with one attached hydrogen (secondary N) is 1. The van der Waals surface area contributed by atoms with E-state index in [0.717, 1.165) is 11.7 Å². The first-order chi connectivity index (χ1) is 12.8. The standard InChI is InChI=1S/C19H25BrN4O3/c1-10-7-11(2)16(12(3)8-10)17(20)19-21-18(22-23-19)13-5-6-15(27-4)14(9-13)24(25)26/h5-6,9-12,16-17H,7-8H2,1-4H3,(H,21,22,23). The third-order valence-electron chi connectivity index (χ3n) is 5.60. The van der Waals surface area contributed by atoms with Crippen LogP contribution >= 0.6 is 15.9 Å². The fraction of sp³-hybridized carbons (Fsp3) is 0.579. The monoisotopic (exact) mass is 436 g/mol. The summed E-state index contributed by atoms with van der Waals surface area (Å²) in [5.74, 6) is 3.82. The summed E-state index contributed by atoms with van der Waals surface area (Å²) in [5, 5.41) is 18.6. The Bertz CT molecular complexity index is 813. The molecule has 0 amide bonds. The Morgan fingerprint density at radius 1 is 1.30 bits per heavy atom. The molecule has 1 N–H and O–H groups in total. The summed E-state index contributed by atoms with van der Waals surface area (Å²) >= 11 is 3.83. The number of rotatable bonds is 5. The maximum absolute atomic E-state index is 11.3. The summed E-state index contributed by atoms with van der Waals surface area (Å²) < 4.78 is 5.05. The van der Waals surface area contributed by atoms with E-state index in [1.54, 1.807) is 12.1 Å². The first-order valence-electron chi connectivity index (χ1n) is 9.21. The number of nitrogens with zero attached hydrogens (tertiary/aromatic N) is 3. The summed E-state index contributed by atoms with van der Waals surface area (Å²) in [6.45, 7) is 6.92. The second kappa shape index (κ2) is 7.96. The molecule has 1 aliphatic carbocycles. The van der Waals surface area contributed by atoms with Crippen molar-refractivity contribution in [2.24, 2.45) is 23.7 Å². The van der Waals surface area contributed by atoms with Crippen LogP contribution in [0.1, 0.15) is 44.3 Å². The van der Waals surface area contributed by atoms with Crippen molar-refractivity contribution < 1.29 is 9.66 Å². The molecule has 8 heteroatoms. The summed E-state index contributed by atoms with van der Waals surface area (Å²) in [6.07, 6.45) is 2.42. The number of nitro benzene ring substituents is 1. The number of alkyl halides is 1. The molecule has 27 heavy (non-hydrogen) atoms. The van der Waals surface area contributed by atoms with Crippen LogP contribution in [0.15, 0.2) is 18.2 Å². The molecule has 3 atom stereocenters. The Kier molecular flexibility index (Phi) is 5.83. The average Bonchev–Trinajstić information content (AvgIpc) is 3.10. The van der Waals surface area contributed by atoms with E-state index < -0.39 is 4.92 Å². The summed E-state index contributed by atoms with van der Waals surface area (Å²) in [4.78, 5) is 15.5. The molecule has 7 nitrogen and oxygen atoms in total. The molecule has 0 radical (unpaired) electrons. The van der Waals surface area contributed by atoms with Crippen LogP contribution in [0, 0.1) is 33.8 Å². The number of methoxy groups -OCH3 is 1. The van der Waals surface area contributed by atoms with Gasteiger partial charge in [-0.05, 0) is 48.6 Å². The average molecular weight is 437 g/mol. The lowest BCUT2D eigenvalue weighted by Crippen LogP contribution is -2.32. The maximum atomic E-state index is 11.3. The minimum atomic E-state index is -0.463. The fourth-order valence-corrected chi connectivity index (χ4v) is 5.75. The number of nitro groups is 1. The molecule has 0 aliphatic heterocycles. The van der Waals surface area contributed by atoms with Gasteiger partial charge in [0.15, 0.2) is 11.6 Å². The molecule has 146 valence electrons. The van der Waals surface area contributed by atoms with Crippen LogP contribution in [0.3, 0.4) is 0 Å². The number of aromatic amines is 1. The molecular weight excluding hydrogens is 412 g/mol. The van der Waals surface area contributed by atoms with E-state index >= 15 is 0 Å². The van der Waals surface area contributed by atoms with Gasteiger partial charge >= 0.3 is 5.69 Å². The lowest BCUT2D eigenvalue weighted by Gasteiger charge is -2.40. The van der Waals surface area contributed by atoms with Crippen LogP contribution in [0.2, 0.25) is 0 Å². The predicted octanol–water partition coefficient (Wildman–Crippen LogP) is 5.14. The molecule has 3 rings (SSSR count). The molecular formula is C19H25BrN4O3. The first-order valence-corrected chi connectivity index (χ1v) is 10.1. The van der Waals surface area contributed by atoms with Gasteiger partial charge in [0.25, 0.3) is 0 Å². The van der Waals surface area contributed by atoms with Gasteiger partial charge in [-0.1, -0.05) is 36.7 Å². The van der Waals surface area contributed by atoms with Crippen molar-refractivity contribution in [1.82, 2.24) is 15.2 Å². The van der Waals surface area contributed by atoms with Crippen molar-refractivity contribution in [3.63, 3.8) is 0 Å². The van der Waals surface area contributed by atoms with Crippen LogP contribution in [-0.2, 0) is 0 Å². The van der Waals surface area contributed by atoms with Gasteiger partial charge in [-0.3, -0.25) is 15.2 Å². The van der Waals surface area contributed by atoms with E-state index in [9.17, 15) is 10.1 Å². The maximum Gasteiger partial charge on any atom is 0.311 e.